The molecule has 102 valence electrons. The van der Waals surface area contributed by atoms with Crippen LogP contribution in [0.1, 0.15) is 44.9 Å². The molecule has 0 bridgehead atoms. The third kappa shape index (κ3) is 2.94. The SMILES string of the molecule is COC(=O)C1NC(=O)OC1C1CCCCCCC1. The third-order valence-corrected chi connectivity index (χ3v) is 3.91. The van der Waals surface area contributed by atoms with E-state index in [2.05, 4.69) is 5.32 Å². The Morgan fingerprint density at radius 2 is 1.83 bits per heavy atom. The number of ether oxygens (including phenoxy) is 2. The maximum Gasteiger partial charge on any atom is 0.408 e. The van der Waals surface area contributed by atoms with Gasteiger partial charge in [0.25, 0.3) is 0 Å². The van der Waals surface area contributed by atoms with Gasteiger partial charge in [0.05, 0.1) is 7.11 Å². The van der Waals surface area contributed by atoms with Gasteiger partial charge < -0.3 is 14.8 Å². The molecule has 1 amide bonds. The number of nitrogens with one attached hydrogen (secondary N) is 1. The van der Waals surface area contributed by atoms with E-state index in [0.29, 0.717) is 0 Å². The number of esters is 1. The Bertz CT molecular complexity index is 310. The summed E-state index contributed by atoms with van der Waals surface area (Å²) in [6.07, 6.45) is 7.22. The van der Waals surface area contributed by atoms with Gasteiger partial charge in [-0.1, -0.05) is 32.1 Å². The first kappa shape index (κ1) is 13.2. The van der Waals surface area contributed by atoms with Crippen molar-refractivity contribution in [3.8, 4) is 0 Å². The summed E-state index contributed by atoms with van der Waals surface area (Å²) in [6.45, 7) is 0. The smallest absolute Gasteiger partial charge is 0.408 e. The number of carbonyl (C=O) groups excluding carboxylic acids is 2. The molecule has 2 aliphatic rings. The van der Waals surface area contributed by atoms with Crippen LogP contribution in [0.5, 0.6) is 0 Å². The maximum absolute atomic E-state index is 11.6. The number of rotatable bonds is 2. The van der Waals surface area contributed by atoms with Crippen LogP contribution in [0.25, 0.3) is 0 Å². The summed E-state index contributed by atoms with van der Waals surface area (Å²) in [5.41, 5.74) is 0. The summed E-state index contributed by atoms with van der Waals surface area (Å²) in [5, 5.41) is 2.55. The number of hydrogen-bond donors (Lipinski definition) is 1. The number of cyclic esters (lactones) is 1. The van der Waals surface area contributed by atoms with Gasteiger partial charge in [0.1, 0.15) is 6.10 Å². The fraction of sp³-hybridized carbons (Fsp3) is 0.846. The number of methoxy groups -OCH3 is 1. The summed E-state index contributed by atoms with van der Waals surface area (Å²) < 4.78 is 10.0. The minimum Gasteiger partial charge on any atom is -0.467 e. The molecule has 5 nitrogen and oxygen atoms in total. The van der Waals surface area contributed by atoms with Crippen LogP contribution in [0, 0.1) is 5.92 Å². The van der Waals surface area contributed by atoms with Gasteiger partial charge in [-0.2, -0.15) is 0 Å². The zero-order chi connectivity index (χ0) is 13.0. The molecule has 1 saturated heterocycles. The lowest BCUT2D eigenvalue weighted by atomic mass is 9.84. The van der Waals surface area contributed by atoms with Gasteiger partial charge in [0, 0.05) is 0 Å². The van der Waals surface area contributed by atoms with Crippen molar-refractivity contribution in [2.45, 2.75) is 57.1 Å². The first-order valence-corrected chi connectivity index (χ1v) is 6.77. The Labute approximate surface area is 107 Å². The zero-order valence-corrected chi connectivity index (χ0v) is 10.8. The van der Waals surface area contributed by atoms with Crippen molar-refractivity contribution in [1.82, 2.24) is 5.32 Å². The average Bonchev–Trinajstić information content (AvgIpc) is 2.70. The minimum atomic E-state index is -0.632. The molecule has 2 rings (SSSR count). The molecule has 2 atom stereocenters. The van der Waals surface area contributed by atoms with Crippen LogP contribution in [-0.2, 0) is 14.3 Å². The largest absolute Gasteiger partial charge is 0.467 e. The molecule has 1 saturated carbocycles. The van der Waals surface area contributed by atoms with Crippen molar-refractivity contribution in [2.75, 3.05) is 7.11 Å². The first-order chi connectivity index (χ1) is 8.72. The standard InChI is InChI=1S/C13H21NO4/c1-17-12(15)10-11(18-13(16)14-10)9-7-5-3-2-4-6-8-9/h9-11H,2-8H2,1H3,(H,14,16). The molecule has 1 aliphatic carbocycles. The molecular formula is C13H21NO4. The number of carbonyl (C=O) groups is 2. The Morgan fingerprint density at radius 3 is 2.44 bits per heavy atom. The van der Waals surface area contributed by atoms with Gasteiger partial charge in [-0.3, -0.25) is 0 Å². The summed E-state index contributed by atoms with van der Waals surface area (Å²) in [5.74, 6) is -0.138. The van der Waals surface area contributed by atoms with Gasteiger partial charge >= 0.3 is 12.1 Å². The molecule has 2 fully saturated rings. The van der Waals surface area contributed by atoms with E-state index < -0.39 is 18.1 Å². The highest BCUT2D eigenvalue weighted by atomic mass is 16.6. The summed E-state index contributed by atoms with van der Waals surface area (Å²) >= 11 is 0. The lowest BCUT2D eigenvalue weighted by Gasteiger charge is -2.26. The molecule has 1 heterocycles. The Balaban J connectivity index is 2.03. The molecule has 18 heavy (non-hydrogen) atoms. The van der Waals surface area contributed by atoms with Gasteiger partial charge in [-0.25, -0.2) is 9.59 Å². The second-order valence-electron chi connectivity index (χ2n) is 5.12. The van der Waals surface area contributed by atoms with E-state index in [-0.39, 0.29) is 12.0 Å². The van der Waals surface area contributed by atoms with Gasteiger partial charge in [0.15, 0.2) is 6.04 Å². The van der Waals surface area contributed by atoms with Crippen molar-refractivity contribution in [3.05, 3.63) is 0 Å². The second-order valence-corrected chi connectivity index (χ2v) is 5.12. The minimum absolute atomic E-state index is 0.272. The van der Waals surface area contributed by atoms with E-state index in [0.717, 1.165) is 25.7 Å². The van der Waals surface area contributed by atoms with Crippen molar-refractivity contribution in [2.24, 2.45) is 5.92 Å². The molecule has 0 aromatic carbocycles. The van der Waals surface area contributed by atoms with E-state index in [1.165, 1.54) is 26.4 Å². The lowest BCUT2D eigenvalue weighted by molar-refractivity contribution is -0.144. The molecule has 5 heteroatoms. The molecule has 2 unspecified atom stereocenters. The van der Waals surface area contributed by atoms with Crippen LogP contribution in [0.2, 0.25) is 0 Å². The van der Waals surface area contributed by atoms with E-state index in [1.54, 1.807) is 0 Å². The highest BCUT2D eigenvalue weighted by molar-refractivity contribution is 5.84. The fourth-order valence-corrected chi connectivity index (χ4v) is 2.94. The molecule has 0 aromatic rings. The Kier molecular flexibility index (Phi) is 4.44. The summed E-state index contributed by atoms with van der Waals surface area (Å²) in [4.78, 5) is 23.0. The quantitative estimate of drug-likeness (QED) is 0.766. The second kappa shape index (κ2) is 6.07. The van der Waals surface area contributed by atoms with Crippen LogP contribution in [0.15, 0.2) is 0 Å². The van der Waals surface area contributed by atoms with E-state index in [4.69, 9.17) is 9.47 Å². The molecule has 1 aliphatic heterocycles. The van der Waals surface area contributed by atoms with Crippen LogP contribution in [-0.4, -0.2) is 31.3 Å². The van der Waals surface area contributed by atoms with E-state index in [9.17, 15) is 9.59 Å². The van der Waals surface area contributed by atoms with E-state index in [1.807, 2.05) is 0 Å². The summed E-state index contributed by atoms with van der Waals surface area (Å²) in [7, 11) is 1.34. The monoisotopic (exact) mass is 255 g/mol. The zero-order valence-electron chi connectivity index (χ0n) is 10.8. The number of amides is 1. The van der Waals surface area contributed by atoms with Gasteiger partial charge in [-0.15, -0.1) is 0 Å². The van der Waals surface area contributed by atoms with Crippen LogP contribution >= 0.6 is 0 Å². The molecule has 1 N–H and O–H groups in total. The Morgan fingerprint density at radius 1 is 1.22 bits per heavy atom. The fourth-order valence-electron chi connectivity index (χ4n) is 2.94. The van der Waals surface area contributed by atoms with E-state index >= 15 is 0 Å². The predicted octanol–water partition coefficient (Wildman–Crippen LogP) is 2.00. The highest BCUT2D eigenvalue weighted by Crippen LogP contribution is 2.30. The number of hydrogen-bond acceptors (Lipinski definition) is 4. The molecule has 0 aromatic heterocycles. The summed E-state index contributed by atoms with van der Waals surface area (Å²) in [6, 6.07) is -0.632. The van der Waals surface area contributed by atoms with Crippen LogP contribution in [0.3, 0.4) is 0 Å². The third-order valence-electron chi connectivity index (χ3n) is 3.91. The van der Waals surface area contributed by atoms with Crippen LogP contribution in [0.4, 0.5) is 4.79 Å². The van der Waals surface area contributed by atoms with Crippen LogP contribution < -0.4 is 5.32 Å². The van der Waals surface area contributed by atoms with Crippen molar-refractivity contribution >= 4 is 12.1 Å². The normalized spacial score (nSPS) is 29.9. The molecule has 0 spiro atoms. The lowest BCUT2D eigenvalue weighted by Crippen LogP contribution is -2.43. The average molecular weight is 255 g/mol. The van der Waals surface area contributed by atoms with Crippen molar-refractivity contribution < 1.29 is 19.1 Å². The highest BCUT2D eigenvalue weighted by Gasteiger charge is 2.44. The van der Waals surface area contributed by atoms with Gasteiger partial charge in [-0.05, 0) is 18.8 Å². The van der Waals surface area contributed by atoms with Gasteiger partial charge in [0.2, 0.25) is 0 Å². The first-order valence-electron chi connectivity index (χ1n) is 6.77. The maximum atomic E-state index is 11.6. The number of alkyl carbamates (subject to hydrolysis) is 1. The predicted molar refractivity (Wildman–Crippen MR) is 65.0 cm³/mol. The molecular weight excluding hydrogens is 234 g/mol. The molecule has 0 radical (unpaired) electrons. The Hall–Kier alpha value is -1.26. The topological polar surface area (TPSA) is 64.6 Å². The van der Waals surface area contributed by atoms with Crippen molar-refractivity contribution in [3.63, 3.8) is 0 Å². The van der Waals surface area contributed by atoms with Crippen molar-refractivity contribution in [1.29, 1.82) is 0 Å².